The Bertz CT molecular complexity index is 410. The molecule has 1 aliphatic rings. The Balaban J connectivity index is 2.43. The van der Waals surface area contributed by atoms with Crippen LogP contribution in [0.1, 0.15) is 31.5 Å². The van der Waals surface area contributed by atoms with Crippen molar-refractivity contribution >= 4 is 22.6 Å². The molecule has 1 aliphatic carbocycles. The number of aromatic amines is 1. The Morgan fingerprint density at radius 2 is 2.20 bits per heavy atom. The van der Waals surface area contributed by atoms with Crippen LogP contribution in [0.25, 0.3) is 0 Å². The van der Waals surface area contributed by atoms with Gasteiger partial charge in [0.05, 0.1) is 3.57 Å². The molecule has 0 radical (unpaired) electrons. The van der Waals surface area contributed by atoms with Crippen LogP contribution in [-0.2, 0) is 10.3 Å². The highest BCUT2D eigenvalue weighted by Crippen LogP contribution is 2.39. The van der Waals surface area contributed by atoms with Crippen molar-refractivity contribution in [1.29, 1.82) is 0 Å². The number of aromatic nitrogens is 2. The summed E-state index contributed by atoms with van der Waals surface area (Å²) < 4.78 is 6.16. The topological polar surface area (TPSA) is 55.0 Å². The van der Waals surface area contributed by atoms with Gasteiger partial charge in [0.15, 0.2) is 0 Å². The molecule has 0 aromatic carbocycles. The molecule has 15 heavy (non-hydrogen) atoms. The van der Waals surface area contributed by atoms with Gasteiger partial charge in [-0.05, 0) is 48.3 Å². The van der Waals surface area contributed by atoms with Crippen LogP contribution in [-0.4, -0.2) is 17.1 Å². The van der Waals surface area contributed by atoms with Crippen LogP contribution in [0, 0.1) is 3.57 Å². The summed E-state index contributed by atoms with van der Waals surface area (Å²) in [6.45, 7) is 0. The van der Waals surface area contributed by atoms with Crippen LogP contribution in [0.15, 0.2) is 11.0 Å². The number of hydrogen-bond donors (Lipinski definition) is 1. The third kappa shape index (κ3) is 1.94. The van der Waals surface area contributed by atoms with Crippen LogP contribution in [0.2, 0.25) is 0 Å². The van der Waals surface area contributed by atoms with Gasteiger partial charge in [0.2, 0.25) is 0 Å². The maximum Gasteiger partial charge on any atom is 0.264 e. The summed E-state index contributed by atoms with van der Waals surface area (Å²) in [5.74, 6) is 0.674. The Morgan fingerprint density at radius 1 is 1.53 bits per heavy atom. The molecule has 1 saturated carbocycles. The fourth-order valence-corrected chi connectivity index (χ4v) is 2.37. The summed E-state index contributed by atoms with van der Waals surface area (Å²) in [4.78, 5) is 18.6. The molecular formula is C10H13IN2O2. The van der Waals surface area contributed by atoms with E-state index in [0.717, 1.165) is 25.7 Å². The highest BCUT2D eigenvalue weighted by Gasteiger charge is 2.38. The van der Waals surface area contributed by atoms with Gasteiger partial charge in [-0.15, -0.1) is 0 Å². The second-order valence-corrected chi connectivity index (χ2v) is 4.98. The Hall–Kier alpha value is -0.430. The molecule has 0 spiro atoms. The highest BCUT2D eigenvalue weighted by atomic mass is 127. The zero-order valence-corrected chi connectivity index (χ0v) is 10.7. The van der Waals surface area contributed by atoms with E-state index in [1.54, 1.807) is 13.3 Å². The van der Waals surface area contributed by atoms with Crippen molar-refractivity contribution in [1.82, 2.24) is 9.97 Å². The van der Waals surface area contributed by atoms with Gasteiger partial charge in [0.25, 0.3) is 5.56 Å². The summed E-state index contributed by atoms with van der Waals surface area (Å²) in [6, 6.07) is 0. The Kier molecular flexibility index (Phi) is 3.11. The van der Waals surface area contributed by atoms with Crippen molar-refractivity contribution in [3.05, 3.63) is 25.9 Å². The fourth-order valence-electron chi connectivity index (χ4n) is 2.09. The van der Waals surface area contributed by atoms with Crippen LogP contribution < -0.4 is 5.56 Å². The van der Waals surface area contributed by atoms with Crippen molar-refractivity contribution < 1.29 is 4.74 Å². The summed E-state index contributed by atoms with van der Waals surface area (Å²) in [5.41, 5.74) is -0.437. The molecule has 1 N–H and O–H groups in total. The first kappa shape index (κ1) is 11.1. The lowest BCUT2D eigenvalue weighted by molar-refractivity contribution is -0.0165. The summed E-state index contributed by atoms with van der Waals surface area (Å²) >= 11 is 1.97. The number of nitrogens with zero attached hydrogens (tertiary/aromatic N) is 1. The zero-order valence-electron chi connectivity index (χ0n) is 8.55. The van der Waals surface area contributed by atoms with E-state index < -0.39 is 0 Å². The molecule has 1 aromatic rings. The smallest absolute Gasteiger partial charge is 0.264 e. The minimum atomic E-state index is -0.358. The maximum atomic E-state index is 11.5. The van der Waals surface area contributed by atoms with Crippen molar-refractivity contribution in [2.75, 3.05) is 7.11 Å². The normalized spacial score (nSPS) is 19.3. The minimum absolute atomic E-state index is 0.0797. The molecule has 0 saturated heterocycles. The van der Waals surface area contributed by atoms with Crippen LogP contribution in [0.4, 0.5) is 0 Å². The van der Waals surface area contributed by atoms with Gasteiger partial charge < -0.3 is 9.72 Å². The molecule has 4 nitrogen and oxygen atoms in total. The first-order chi connectivity index (χ1) is 7.18. The van der Waals surface area contributed by atoms with E-state index in [1.807, 2.05) is 22.6 Å². The van der Waals surface area contributed by atoms with Gasteiger partial charge >= 0.3 is 0 Å². The minimum Gasteiger partial charge on any atom is -0.370 e. The molecule has 82 valence electrons. The number of rotatable bonds is 2. The molecular weight excluding hydrogens is 307 g/mol. The second-order valence-electron chi connectivity index (χ2n) is 3.81. The van der Waals surface area contributed by atoms with Crippen LogP contribution in [0.5, 0.6) is 0 Å². The van der Waals surface area contributed by atoms with Crippen LogP contribution in [0.3, 0.4) is 0 Å². The molecule has 0 unspecified atom stereocenters. The third-order valence-electron chi connectivity index (χ3n) is 2.99. The lowest BCUT2D eigenvalue weighted by atomic mass is 10.0. The van der Waals surface area contributed by atoms with E-state index in [0.29, 0.717) is 9.39 Å². The van der Waals surface area contributed by atoms with E-state index in [2.05, 4.69) is 9.97 Å². The van der Waals surface area contributed by atoms with Gasteiger partial charge in [-0.3, -0.25) is 4.79 Å². The predicted molar refractivity (Wildman–Crippen MR) is 64.7 cm³/mol. The fraction of sp³-hybridized carbons (Fsp3) is 0.600. The maximum absolute atomic E-state index is 11.5. The van der Waals surface area contributed by atoms with Gasteiger partial charge in [-0.1, -0.05) is 0 Å². The van der Waals surface area contributed by atoms with Gasteiger partial charge in [0, 0.05) is 13.3 Å². The second kappa shape index (κ2) is 4.21. The number of hydrogen-bond acceptors (Lipinski definition) is 3. The lowest BCUT2D eigenvalue weighted by Gasteiger charge is -2.25. The quantitative estimate of drug-likeness (QED) is 0.846. The predicted octanol–water partition coefficient (Wildman–Crippen LogP) is 1.79. The SMILES string of the molecule is COC1(c2ncc(I)c(=O)[nH]2)CCCC1. The standard InChI is InChI=1S/C10H13IN2O2/c1-15-10(4-2-3-5-10)9-12-6-7(11)8(14)13-9/h6H,2-5H2,1H3,(H,12,13,14). The molecule has 1 aromatic heterocycles. The molecule has 2 rings (SSSR count). The van der Waals surface area contributed by atoms with E-state index in [4.69, 9.17) is 4.74 Å². The molecule has 1 heterocycles. The monoisotopic (exact) mass is 320 g/mol. The first-order valence-corrected chi connectivity index (χ1v) is 6.06. The van der Waals surface area contributed by atoms with E-state index in [1.165, 1.54) is 0 Å². The Labute approximate surface area is 102 Å². The lowest BCUT2D eigenvalue weighted by Crippen LogP contribution is -2.30. The molecule has 0 amide bonds. The number of ether oxygens (including phenoxy) is 1. The largest absolute Gasteiger partial charge is 0.370 e. The van der Waals surface area contributed by atoms with Crippen LogP contribution >= 0.6 is 22.6 Å². The van der Waals surface area contributed by atoms with Crippen molar-refractivity contribution in [2.24, 2.45) is 0 Å². The van der Waals surface area contributed by atoms with E-state index in [-0.39, 0.29) is 11.2 Å². The number of methoxy groups -OCH3 is 1. The van der Waals surface area contributed by atoms with Gasteiger partial charge in [-0.2, -0.15) is 0 Å². The molecule has 0 aliphatic heterocycles. The summed E-state index contributed by atoms with van der Waals surface area (Å²) in [5, 5.41) is 0. The summed E-state index contributed by atoms with van der Waals surface area (Å²) in [7, 11) is 1.68. The van der Waals surface area contributed by atoms with Gasteiger partial charge in [-0.25, -0.2) is 4.98 Å². The highest BCUT2D eigenvalue weighted by molar-refractivity contribution is 14.1. The molecule has 5 heteroatoms. The first-order valence-electron chi connectivity index (χ1n) is 4.98. The number of nitrogens with one attached hydrogen (secondary N) is 1. The van der Waals surface area contributed by atoms with Crippen molar-refractivity contribution in [3.63, 3.8) is 0 Å². The number of H-pyrrole nitrogens is 1. The van der Waals surface area contributed by atoms with E-state index in [9.17, 15) is 4.79 Å². The molecule has 0 atom stereocenters. The van der Waals surface area contributed by atoms with Crippen molar-refractivity contribution in [3.8, 4) is 0 Å². The average Bonchev–Trinajstić information content (AvgIpc) is 2.72. The number of halogens is 1. The summed E-state index contributed by atoms with van der Waals surface area (Å²) in [6.07, 6.45) is 5.74. The molecule has 0 bridgehead atoms. The Morgan fingerprint density at radius 3 is 2.73 bits per heavy atom. The zero-order chi connectivity index (χ0) is 10.9. The average molecular weight is 320 g/mol. The third-order valence-corrected chi connectivity index (χ3v) is 3.76. The van der Waals surface area contributed by atoms with E-state index >= 15 is 0 Å². The van der Waals surface area contributed by atoms with Gasteiger partial charge in [0.1, 0.15) is 11.4 Å². The van der Waals surface area contributed by atoms with Crippen molar-refractivity contribution in [2.45, 2.75) is 31.3 Å². The molecule has 1 fully saturated rings.